The summed E-state index contributed by atoms with van der Waals surface area (Å²) in [7, 11) is 0. The van der Waals surface area contributed by atoms with Crippen LogP contribution in [0, 0.1) is 5.92 Å². The first kappa shape index (κ1) is 15.9. The Labute approximate surface area is 118 Å². The smallest absolute Gasteiger partial charge is 0.326 e. The van der Waals surface area contributed by atoms with Crippen molar-refractivity contribution in [3.05, 3.63) is 41.5 Å². The van der Waals surface area contributed by atoms with E-state index in [1.165, 1.54) is 0 Å². The van der Waals surface area contributed by atoms with Crippen LogP contribution in [0.15, 0.2) is 30.3 Å². The number of carboxylic acids is 1. The van der Waals surface area contributed by atoms with Gasteiger partial charge in [-0.1, -0.05) is 38.1 Å². The molecule has 0 bridgehead atoms. The minimum atomic E-state index is -1.03. The number of benzene rings is 1. The summed E-state index contributed by atoms with van der Waals surface area (Å²) in [5.74, 6) is -1.61. The first-order valence-electron chi connectivity index (χ1n) is 6.46. The molecule has 1 rings (SSSR count). The molecular formula is C15H20N2O3. The molecule has 20 heavy (non-hydrogen) atoms. The lowest BCUT2D eigenvalue weighted by Gasteiger charge is -2.17. The van der Waals surface area contributed by atoms with E-state index in [-0.39, 0.29) is 5.92 Å². The second-order valence-corrected chi connectivity index (χ2v) is 4.80. The van der Waals surface area contributed by atoms with E-state index in [9.17, 15) is 9.59 Å². The highest BCUT2D eigenvalue weighted by Gasteiger charge is 2.23. The van der Waals surface area contributed by atoms with Crippen LogP contribution in [0.25, 0.3) is 6.08 Å². The number of nitrogens with two attached hydrogens (primary N) is 1. The van der Waals surface area contributed by atoms with Gasteiger partial charge < -0.3 is 16.2 Å². The Bertz CT molecular complexity index is 510. The van der Waals surface area contributed by atoms with Crippen molar-refractivity contribution in [1.29, 1.82) is 0 Å². The number of hydrogen-bond acceptors (Lipinski definition) is 3. The van der Waals surface area contributed by atoms with Gasteiger partial charge in [0.05, 0.1) is 0 Å². The van der Waals surface area contributed by atoms with Gasteiger partial charge in [-0.3, -0.25) is 4.79 Å². The van der Waals surface area contributed by atoms with Gasteiger partial charge in [0.25, 0.3) is 5.91 Å². The van der Waals surface area contributed by atoms with E-state index >= 15 is 0 Å². The summed E-state index contributed by atoms with van der Waals surface area (Å²) in [6, 6.07) is 6.04. The average Bonchev–Trinajstić information content (AvgIpc) is 2.41. The first-order chi connectivity index (χ1) is 9.45. The molecule has 1 aromatic rings. The molecule has 0 aliphatic heterocycles. The van der Waals surface area contributed by atoms with Crippen molar-refractivity contribution in [1.82, 2.24) is 5.32 Å². The number of hydrogen-bond donors (Lipinski definition) is 3. The molecule has 0 saturated heterocycles. The maximum absolute atomic E-state index is 12.1. The summed E-state index contributed by atoms with van der Waals surface area (Å²) in [5.41, 5.74) is 6.65. The maximum atomic E-state index is 12.1. The Kier molecular flexibility index (Phi) is 5.93. The molecular weight excluding hydrogens is 256 g/mol. The van der Waals surface area contributed by atoms with Crippen LogP contribution in [-0.4, -0.2) is 29.6 Å². The molecule has 1 aromatic carbocycles. The van der Waals surface area contributed by atoms with E-state index in [1.807, 2.05) is 12.1 Å². The van der Waals surface area contributed by atoms with Crippen LogP contribution in [0.1, 0.15) is 29.8 Å². The van der Waals surface area contributed by atoms with Gasteiger partial charge in [0.1, 0.15) is 6.04 Å². The van der Waals surface area contributed by atoms with Crippen molar-refractivity contribution >= 4 is 18.0 Å². The van der Waals surface area contributed by atoms with Gasteiger partial charge in [-0.15, -0.1) is 0 Å². The third kappa shape index (κ3) is 4.51. The first-order valence-corrected chi connectivity index (χ1v) is 6.46. The number of carbonyl (C=O) groups excluding carboxylic acids is 1. The number of carbonyl (C=O) groups is 2. The molecule has 108 valence electrons. The molecule has 0 aliphatic carbocycles. The van der Waals surface area contributed by atoms with E-state index in [0.717, 1.165) is 5.56 Å². The van der Waals surface area contributed by atoms with Crippen LogP contribution in [0.2, 0.25) is 0 Å². The van der Waals surface area contributed by atoms with Crippen LogP contribution >= 0.6 is 0 Å². The summed E-state index contributed by atoms with van der Waals surface area (Å²) in [5, 5.41) is 11.6. The Morgan fingerprint density at radius 2 is 2.10 bits per heavy atom. The minimum absolute atomic E-state index is 0.184. The summed E-state index contributed by atoms with van der Waals surface area (Å²) in [6.07, 6.45) is 3.60. The van der Waals surface area contributed by atoms with Crippen molar-refractivity contribution in [2.45, 2.75) is 19.9 Å². The van der Waals surface area contributed by atoms with Gasteiger partial charge in [0, 0.05) is 12.1 Å². The number of amides is 1. The Hall–Kier alpha value is -2.14. The van der Waals surface area contributed by atoms with E-state index in [4.69, 9.17) is 10.8 Å². The maximum Gasteiger partial charge on any atom is 0.326 e. The molecule has 0 aromatic heterocycles. The fraction of sp³-hybridized carbons (Fsp3) is 0.333. The molecule has 0 saturated carbocycles. The standard InChI is InChI=1S/C15H20N2O3/c1-10(2)13(15(19)20)17-14(18)12-7-3-5-11(9-12)6-4-8-16/h3-7,9-10,13H,8,16H2,1-2H3,(H,17,18)(H,19,20)/b6-4+/t13-/m0/s1. The molecule has 0 aliphatic rings. The van der Waals surface area contributed by atoms with Gasteiger partial charge in [0.15, 0.2) is 0 Å². The SMILES string of the molecule is CC(C)[C@H](NC(=O)c1cccc(/C=C/CN)c1)C(=O)O. The number of aliphatic carboxylic acids is 1. The summed E-state index contributed by atoms with van der Waals surface area (Å²) < 4.78 is 0. The highest BCUT2D eigenvalue weighted by atomic mass is 16.4. The molecule has 0 fully saturated rings. The van der Waals surface area contributed by atoms with Gasteiger partial charge >= 0.3 is 5.97 Å². The highest BCUT2D eigenvalue weighted by Crippen LogP contribution is 2.09. The normalized spacial score (nSPS) is 12.6. The topological polar surface area (TPSA) is 92.4 Å². The number of nitrogens with one attached hydrogen (secondary N) is 1. The van der Waals surface area contributed by atoms with Crippen LogP contribution in [0.3, 0.4) is 0 Å². The van der Waals surface area contributed by atoms with Crippen LogP contribution in [0.4, 0.5) is 0 Å². The van der Waals surface area contributed by atoms with Gasteiger partial charge in [0.2, 0.25) is 0 Å². The second-order valence-electron chi connectivity index (χ2n) is 4.80. The van der Waals surface area contributed by atoms with Crippen molar-refractivity contribution < 1.29 is 14.7 Å². The monoisotopic (exact) mass is 276 g/mol. The molecule has 0 unspecified atom stereocenters. The van der Waals surface area contributed by atoms with Crippen LogP contribution < -0.4 is 11.1 Å². The quantitative estimate of drug-likeness (QED) is 0.734. The fourth-order valence-electron chi connectivity index (χ4n) is 1.73. The van der Waals surface area contributed by atoms with Crippen molar-refractivity contribution in [3.63, 3.8) is 0 Å². The Morgan fingerprint density at radius 3 is 2.65 bits per heavy atom. The van der Waals surface area contributed by atoms with Crippen molar-refractivity contribution in [2.75, 3.05) is 6.54 Å². The lowest BCUT2D eigenvalue weighted by atomic mass is 10.0. The zero-order valence-electron chi connectivity index (χ0n) is 11.7. The van der Waals surface area contributed by atoms with Crippen LogP contribution in [-0.2, 0) is 4.79 Å². The van der Waals surface area contributed by atoms with E-state index in [2.05, 4.69) is 5.32 Å². The number of carboxylic acid groups (broad SMARTS) is 1. The Balaban J connectivity index is 2.86. The van der Waals surface area contributed by atoms with E-state index < -0.39 is 17.9 Å². The van der Waals surface area contributed by atoms with Gasteiger partial charge in [-0.25, -0.2) is 4.79 Å². The van der Waals surface area contributed by atoms with Crippen molar-refractivity contribution in [2.24, 2.45) is 11.7 Å². The van der Waals surface area contributed by atoms with Crippen molar-refractivity contribution in [3.8, 4) is 0 Å². The van der Waals surface area contributed by atoms with Crippen LogP contribution in [0.5, 0.6) is 0 Å². The molecule has 0 spiro atoms. The summed E-state index contributed by atoms with van der Waals surface area (Å²) in [4.78, 5) is 23.1. The molecule has 1 atom stereocenters. The lowest BCUT2D eigenvalue weighted by Crippen LogP contribution is -2.44. The predicted molar refractivity (Wildman–Crippen MR) is 78.3 cm³/mol. The minimum Gasteiger partial charge on any atom is -0.480 e. The molecule has 0 radical (unpaired) electrons. The molecule has 5 nitrogen and oxygen atoms in total. The predicted octanol–water partition coefficient (Wildman–Crippen LogP) is 1.50. The average molecular weight is 276 g/mol. The Morgan fingerprint density at radius 1 is 1.40 bits per heavy atom. The molecule has 5 heteroatoms. The summed E-state index contributed by atoms with van der Waals surface area (Å²) >= 11 is 0. The third-order valence-electron chi connectivity index (χ3n) is 2.81. The van der Waals surface area contributed by atoms with E-state index in [0.29, 0.717) is 12.1 Å². The number of rotatable bonds is 6. The third-order valence-corrected chi connectivity index (χ3v) is 2.81. The zero-order valence-corrected chi connectivity index (χ0v) is 11.7. The van der Waals surface area contributed by atoms with Gasteiger partial charge in [-0.2, -0.15) is 0 Å². The second kappa shape index (κ2) is 7.45. The molecule has 0 heterocycles. The molecule has 1 amide bonds. The zero-order chi connectivity index (χ0) is 15.1. The largest absolute Gasteiger partial charge is 0.480 e. The summed E-state index contributed by atoms with van der Waals surface area (Å²) in [6.45, 7) is 3.92. The lowest BCUT2D eigenvalue weighted by molar-refractivity contribution is -0.140. The fourth-order valence-corrected chi connectivity index (χ4v) is 1.73. The molecule has 4 N–H and O–H groups in total. The highest BCUT2D eigenvalue weighted by molar-refractivity contribution is 5.97. The van der Waals surface area contributed by atoms with Gasteiger partial charge in [-0.05, 0) is 23.6 Å². The van der Waals surface area contributed by atoms with E-state index in [1.54, 1.807) is 38.1 Å².